The highest BCUT2D eigenvalue weighted by Gasteiger charge is 2.31. The molecule has 0 radical (unpaired) electrons. The molecule has 0 fully saturated rings. The number of thiocarbonyl (C=S) groups is 1. The third kappa shape index (κ3) is 4.70. The van der Waals surface area contributed by atoms with Crippen molar-refractivity contribution in [2.75, 3.05) is 7.11 Å². The van der Waals surface area contributed by atoms with Crippen LogP contribution in [0.4, 0.5) is 13.2 Å². The van der Waals surface area contributed by atoms with Crippen LogP contribution in [-0.4, -0.2) is 12.1 Å². The quantitative estimate of drug-likeness (QED) is 0.842. The Morgan fingerprint density at radius 1 is 1.42 bits per heavy atom. The van der Waals surface area contributed by atoms with Gasteiger partial charge in [-0.15, -0.1) is 0 Å². The monoisotopic (exact) mass is 291 g/mol. The first-order chi connectivity index (χ1) is 8.74. The van der Waals surface area contributed by atoms with E-state index in [0.717, 1.165) is 17.7 Å². The lowest BCUT2D eigenvalue weighted by molar-refractivity contribution is -0.137. The third-order valence-electron chi connectivity index (χ3n) is 2.73. The molecular formula is C13H16F3NOS. The topological polar surface area (TPSA) is 35.2 Å². The maximum atomic E-state index is 12.6. The van der Waals surface area contributed by atoms with E-state index in [2.05, 4.69) is 0 Å². The second kappa shape index (κ2) is 6.23. The summed E-state index contributed by atoms with van der Waals surface area (Å²) in [5, 5.41) is 0. The molecule has 19 heavy (non-hydrogen) atoms. The summed E-state index contributed by atoms with van der Waals surface area (Å²) in [5.41, 5.74) is 5.46. The molecule has 0 aliphatic carbocycles. The van der Waals surface area contributed by atoms with Crippen molar-refractivity contribution >= 4 is 17.2 Å². The minimum absolute atomic E-state index is 0.156. The predicted molar refractivity (Wildman–Crippen MR) is 72.3 cm³/mol. The fourth-order valence-electron chi connectivity index (χ4n) is 1.88. The largest absolute Gasteiger partial charge is 0.496 e. The Bertz CT molecular complexity index is 460. The zero-order chi connectivity index (χ0) is 14.6. The number of ether oxygens (including phenoxy) is 1. The Morgan fingerprint density at radius 2 is 2.05 bits per heavy atom. The molecule has 0 aliphatic rings. The Morgan fingerprint density at radius 3 is 2.53 bits per heavy atom. The molecule has 1 unspecified atom stereocenters. The molecule has 0 saturated heterocycles. The van der Waals surface area contributed by atoms with Gasteiger partial charge in [-0.2, -0.15) is 13.2 Å². The van der Waals surface area contributed by atoms with Gasteiger partial charge in [0.05, 0.1) is 17.7 Å². The molecule has 0 aromatic heterocycles. The summed E-state index contributed by atoms with van der Waals surface area (Å²) in [5.74, 6) is 0.396. The summed E-state index contributed by atoms with van der Waals surface area (Å²) in [7, 11) is 1.36. The van der Waals surface area contributed by atoms with Gasteiger partial charge in [0.2, 0.25) is 0 Å². The Kier molecular flexibility index (Phi) is 5.17. The lowest BCUT2D eigenvalue weighted by Gasteiger charge is -2.15. The number of rotatable bonds is 5. The van der Waals surface area contributed by atoms with Crippen molar-refractivity contribution in [1.82, 2.24) is 0 Å². The lowest BCUT2D eigenvalue weighted by atomic mass is 9.96. The van der Waals surface area contributed by atoms with Gasteiger partial charge in [0.15, 0.2) is 0 Å². The van der Waals surface area contributed by atoms with Crippen molar-refractivity contribution in [1.29, 1.82) is 0 Å². The molecule has 0 amide bonds. The molecule has 6 heteroatoms. The van der Waals surface area contributed by atoms with E-state index in [-0.39, 0.29) is 11.7 Å². The van der Waals surface area contributed by atoms with Gasteiger partial charge in [-0.25, -0.2) is 0 Å². The number of alkyl halides is 3. The molecule has 0 aliphatic heterocycles. The molecule has 1 rings (SSSR count). The van der Waals surface area contributed by atoms with E-state index in [9.17, 15) is 13.2 Å². The maximum absolute atomic E-state index is 12.6. The van der Waals surface area contributed by atoms with Crippen molar-refractivity contribution in [3.63, 3.8) is 0 Å². The second-order valence-electron chi connectivity index (χ2n) is 4.50. The minimum atomic E-state index is -4.36. The van der Waals surface area contributed by atoms with Crippen LogP contribution in [0.5, 0.6) is 5.75 Å². The summed E-state index contributed by atoms with van der Waals surface area (Å²) in [6, 6.07) is 3.52. The van der Waals surface area contributed by atoms with Gasteiger partial charge in [-0.1, -0.05) is 25.2 Å². The highest BCUT2D eigenvalue weighted by atomic mass is 32.1. The second-order valence-corrected chi connectivity index (χ2v) is 5.03. The van der Waals surface area contributed by atoms with Crippen molar-refractivity contribution in [3.8, 4) is 5.75 Å². The van der Waals surface area contributed by atoms with Gasteiger partial charge in [0.25, 0.3) is 0 Å². The molecule has 1 atom stereocenters. The molecule has 1 aromatic rings. The number of benzene rings is 1. The fourth-order valence-corrected chi connectivity index (χ4v) is 2.17. The molecule has 1 aromatic carbocycles. The third-order valence-corrected chi connectivity index (χ3v) is 2.90. The standard InChI is InChI=1S/C13H16F3NOS/c1-8(6-12(17)19)5-9-3-4-10(13(14,15)16)7-11(9)18-2/h3-4,7-8H,5-6H2,1-2H3,(H2,17,19). The SMILES string of the molecule is COc1cc(C(F)(F)F)ccc1CC(C)CC(N)=S. The van der Waals surface area contributed by atoms with E-state index in [1.165, 1.54) is 13.2 Å². The van der Waals surface area contributed by atoms with Crippen LogP contribution < -0.4 is 10.5 Å². The Hall–Kier alpha value is -1.30. The number of nitrogens with two attached hydrogens (primary N) is 1. The van der Waals surface area contributed by atoms with Crippen LogP contribution in [0, 0.1) is 5.92 Å². The van der Waals surface area contributed by atoms with Gasteiger partial charge in [-0.05, 0) is 30.0 Å². The first kappa shape index (κ1) is 15.8. The van der Waals surface area contributed by atoms with Crippen LogP contribution in [0.15, 0.2) is 18.2 Å². The molecule has 2 nitrogen and oxygen atoms in total. The van der Waals surface area contributed by atoms with Gasteiger partial charge in [0, 0.05) is 6.42 Å². The summed E-state index contributed by atoms with van der Waals surface area (Å²) in [6.07, 6.45) is -3.24. The van der Waals surface area contributed by atoms with Gasteiger partial charge >= 0.3 is 6.18 Å². The van der Waals surface area contributed by atoms with E-state index in [1.54, 1.807) is 0 Å². The van der Waals surface area contributed by atoms with Crippen molar-refractivity contribution < 1.29 is 17.9 Å². The van der Waals surface area contributed by atoms with Crippen LogP contribution in [-0.2, 0) is 12.6 Å². The lowest BCUT2D eigenvalue weighted by Crippen LogP contribution is -2.14. The first-order valence-electron chi connectivity index (χ1n) is 5.76. The van der Waals surface area contributed by atoms with E-state index in [4.69, 9.17) is 22.7 Å². The zero-order valence-corrected chi connectivity index (χ0v) is 11.6. The van der Waals surface area contributed by atoms with Gasteiger partial charge in [0.1, 0.15) is 5.75 Å². The maximum Gasteiger partial charge on any atom is 0.416 e. The predicted octanol–water partition coefficient (Wildman–Crippen LogP) is 3.57. The van der Waals surface area contributed by atoms with Crippen molar-refractivity contribution in [2.45, 2.75) is 25.9 Å². The molecular weight excluding hydrogens is 275 g/mol. The summed E-state index contributed by atoms with van der Waals surface area (Å²) in [6.45, 7) is 1.94. The Labute approximate surface area is 115 Å². The summed E-state index contributed by atoms with van der Waals surface area (Å²) >= 11 is 4.82. The van der Waals surface area contributed by atoms with Crippen LogP contribution in [0.2, 0.25) is 0 Å². The molecule has 106 valence electrons. The van der Waals surface area contributed by atoms with Crippen LogP contribution >= 0.6 is 12.2 Å². The normalized spacial score (nSPS) is 13.1. The van der Waals surface area contributed by atoms with E-state index >= 15 is 0 Å². The molecule has 0 heterocycles. The van der Waals surface area contributed by atoms with Crippen molar-refractivity contribution in [2.24, 2.45) is 11.7 Å². The van der Waals surface area contributed by atoms with Crippen LogP contribution in [0.25, 0.3) is 0 Å². The van der Waals surface area contributed by atoms with Gasteiger partial charge in [-0.3, -0.25) is 0 Å². The summed E-state index contributed by atoms with van der Waals surface area (Å²) in [4.78, 5) is 0.401. The smallest absolute Gasteiger partial charge is 0.416 e. The average Bonchev–Trinajstić information content (AvgIpc) is 2.26. The summed E-state index contributed by atoms with van der Waals surface area (Å²) < 4.78 is 42.8. The fraction of sp³-hybridized carbons (Fsp3) is 0.462. The highest BCUT2D eigenvalue weighted by molar-refractivity contribution is 7.80. The molecule has 0 spiro atoms. The average molecular weight is 291 g/mol. The number of halogens is 3. The number of hydrogen-bond donors (Lipinski definition) is 1. The molecule has 0 saturated carbocycles. The number of methoxy groups -OCH3 is 1. The zero-order valence-electron chi connectivity index (χ0n) is 10.8. The molecule has 2 N–H and O–H groups in total. The van der Waals surface area contributed by atoms with Gasteiger partial charge < -0.3 is 10.5 Å². The van der Waals surface area contributed by atoms with E-state index < -0.39 is 11.7 Å². The number of hydrogen-bond acceptors (Lipinski definition) is 2. The Balaban J connectivity index is 2.93. The highest BCUT2D eigenvalue weighted by Crippen LogP contribution is 2.33. The van der Waals surface area contributed by atoms with E-state index in [0.29, 0.717) is 17.8 Å². The first-order valence-corrected chi connectivity index (χ1v) is 6.17. The molecule has 0 bridgehead atoms. The minimum Gasteiger partial charge on any atom is -0.496 e. The van der Waals surface area contributed by atoms with E-state index in [1.807, 2.05) is 6.92 Å². The van der Waals surface area contributed by atoms with Crippen LogP contribution in [0.1, 0.15) is 24.5 Å². The van der Waals surface area contributed by atoms with Crippen LogP contribution in [0.3, 0.4) is 0 Å². The van der Waals surface area contributed by atoms with Crippen molar-refractivity contribution in [3.05, 3.63) is 29.3 Å².